The summed E-state index contributed by atoms with van der Waals surface area (Å²) in [5.41, 5.74) is 5.92. The molecule has 4 N–H and O–H groups in total. The van der Waals surface area contributed by atoms with Gasteiger partial charge < -0.3 is 16.4 Å². The zero-order chi connectivity index (χ0) is 6.97. The molecule has 2 heterocycles. The molecule has 0 aromatic heterocycles. The van der Waals surface area contributed by atoms with Gasteiger partial charge in [0.1, 0.15) is 0 Å². The summed E-state index contributed by atoms with van der Waals surface area (Å²) in [5, 5.41) is 6.89. The van der Waals surface area contributed by atoms with Crippen molar-refractivity contribution in [3.8, 4) is 0 Å². The fraction of sp³-hybridized carbons (Fsp3) is 1.00. The predicted molar refractivity (Wildman–Crippen MR) is 40.8 cm³/mol. The van der Waals surface area contributed by atoms with E-state index in [-0.39, 0.29) is 0 Å². The maximum absolute atomic E-state index is 5.92. The molecule has 0 bridgehead atoms. The molecule has 0 spiro atoms. The summed E-state index contributed by atoms with van der Waals surface area (Å²) in [7, 11) is 0. The molecule has 0 aromatic rings. The molecule has 2 rings (SSSR count). The Bertz CT molecular complexity index is 126. The van der Waals surface area contributed by atoms with Gasteiger partial charge in [0, 0.05) is 18.1 Å². The summed E-state index contributed by atoms with van der Waals surface area (Å²) < 4.78 is 0. The Morgan fingerprint density at radius 3 is 2.70 bits per heavy atom. The van der Waals surface area contributed by atoms with E-state index in [2.05, 4.69) is 10.6 Å². The second-order valence-corrected chi connectivity index (χ2v) is 3.28. The first-order valence-corrected chi connectivity index (χ1v) is 4.10. The first-order valence-electron chi connectivity index (χ1n) is 4.10. The Morgan fingerprint density at radius 2 is 1.90 bits per heavy atom. The number of hydrogen-bond acceptors (Lipinski definition) is 3. The SMILES string of the molecule is NC1CCNC2CCNC12. The van der Waals surface area contributed by atoms with Crippen LogP contribution in [0.3, 0.4) is 0 Å². The van der Waals surface area contributed by atoms with Crippen LogP contribution in [0.4, 0.5) is 0 Å². The molecule has 3 heteroatoms. The molecule has 3 nitrogen and oxygen atoms in total. The van der Waals surface area contributed by atoms with Crippen LogP contribution in [0.1, 0.15) is 12.8 Å². The lowest BCUT2D eigenvalue weighted by Crippen LogP contribution is -2.57. The standard InChI is InChI=1S/C7H15N3/c8-5-1-3-9-6-2-4-10-7(5)6/h5-7,9-10H,1-4,8H2. The van der Waals surface area contributed by atoms with E-state index in [1.807, 2.05) is 0 Å². The Kier molecular flexibility index (Phi) is 1.64. The van der Waals surface area contributed by atoms with Gasteiger partial charge in [0.15, 0.2) is 0 Å². The van der Waals surface area contributed by atoms with Crippen LogP contribution in [0.25, 0.3) is 0 Å². The lowest BCUT2D eigenvalue weighted by Gasteiger charge is -2.31. The second-order valence-electron chi connectivity index (χ2n) is 3.28. The number of hydrogen-bond donors (Lipinski definition) is 3. The normalized spacial score (nSPS) is 47.1. The fourth-order valence-corrected chi connectivity index (χ4v) is 2.02. The lowest BCUT2D eigenvalue weighted by atomic mass is 9.95. The van der Waals surface area contributed by atoms with Gasteiger partial charge in [-0.15, -0.1) is 0 Å². The molecule has 2 aliphatic heterocycles. The summed E-state index contributed by atoms with van der Waals surface area (Å²) in [5.74, 6) is 0. The van der Waals surface area contributed by atoms with E-state index in [4.69, 9.17) is 5.73 Å². The van der Waals surface area contributed by atoms with E-state index in [1.54, 1.807) is 0 Å². The third kappa shape index (κ3) is 0.944. The van der Waals surface area contributed by atoms with Crippen LogP contribution in [0.2, 0.25) is 0 Å². The smallest absolute Gasteiger partial charge is 0.0374 e. The van der Waals surface area contributed by atoms with Crippen molar-refractivity contribution in [1.82, 2.24) is 10.6 Å². The number of piperidine rings is 1. The van der Waals surface area contributed by atoms with E-state index < -0.39 is 0 Å². The maximum atomic E-state index is 5.92. The zero-order valence-electron chi connectivity index (χ0n) is 6.14. The van der Waals surface area contributed by atoms with E-state index in [1.165, 1.54) is 6.42 Å². The molecule has 0 aromatic carbocycles. The van der Waals surface area contributed by atoms with Crippen molar-refractivity contribution in [2.45, 2.75) is 31.0 Å². The zero-order valence-corrected chi connectivity index (χ0v) is 6.14. The highest BCUT2D eigenvalue weighted by Gasteiger charge is 2.33. The highest BCUT2D eigenvalue weighted by atomic mass is 15.1. The Balaban J connectivity index is 2.03. The third-order valence-corrected chi connectivity index (χ3v) is 2.61. The average molecular weight is 141 g/mol. The topological polar surface area (TPSA) is 50.1 Å². The number of nitrogens with one attached hydrogen (secondary N) is 2. The molecular weight excluding hydrogens is 126 g/mol. The molecule has 2 aliphatic rings. The van der Waals surface area contributed by atoms with Crippen LogP contribution in [-0.4, -0.2) is 31.2 Å². The molecular formula is C7H15N3. The van der Waals surface area contributed by atoms with Gasteiger partial charge in [-0.2, -0.15) is 0 Å². The van der Waals surface area contributed by atoms with Crippen molar-refractivity contribution in [3.63, 3.8) is 0 Å². The van der Waals surface area contributed by atoms with E-state index in [9.17, 15) is 0 Å². The third-order valence-electron chi connectivity index (χ3n) is 2.61. The van der Waals surface area contributed by atoms with E-state index in [0.717, 1.165) is 19.5 Å². The Morgan fingerprint density at radius 1 is 1.10 bits per heavy atom. The number of nitrogens with two attached hydrogens (primary N) is 1. The van der Waals surface area contributed by atoms with Crippen molar-refractivity contribution in [1.29, 1.82) is 0 Å². The van der Waals surface area contributed by atoms with Crippen molar-refractivity contribution in [2.24, 2.45) is 5.73 Å². The average Bonchev–Trinajstić information content (AvgIpc) is 2.36. The summed E-state index contributed by atoms with van der Waals surface area (Å²) in [6, 6.07) is 1.59. The molecule has 2 saturated heterocycles. The van der Waals surface area contributed by atoms with Crippen molar-refractivity contribution < 1.29 is 0 Å². The summed E-state index contributed by atoms with van der Waals surface area (Å²) in [4.78, 5) is 0. The van der Waals surface area contributed by atoms with Crippen LogP contribution in [0.15, 0.2) is 0 Å². The molecule has 0 saturated carbocycles. The van der Waals surface area contributed by atoms with E-state index >= 15 is 0 Å². The first kappa shape index (κ1) is 6.58. The van der Waals surface area contributed by atoms with Gasteiger partial charge in [-0.1, -0.05) is 0 Å². The predicted octanol–water partition coefficient (Wildman–Crippen LogP) is -0.962. The molecule has 2 fully saturated rings. The van der Waals surface area contributed by atoms with Crippen LogP contribution >= 0.6 is 0 Å². The fourth-order valence-electron chi connectivity index (χ4n) is 2.02. The van der Waals surface area contributed by atoms with Crippen molar-refractivity contribution in [3.05, 3.63) is 0 Å². The molecule has 10 heavy (non-hydrogen) atoms. The Hall–Kier alpha value is -0.120. The molecule has 3 unspecified atom stereocenters. The van der Waals surface area contributed by atoms with Gasteiger partial charge in [-0.3, -0.25) is 0 Å². The van der Waals surface area contributed by atoms with Crippen LogP contribution in [0.5, 0.6) is 0 Å². The van der Waals surface area contributed by atoms with Crippen LogP contribution < -0.4 is 16.4 Å². The van der Waals surface area contributed by atoms with Gasteiger partial charge in [0.25, 0.3) is 0 Å². The lowest BCUT2D eigenvalue weighted by molar-refractivity contribution is 0.323. The molecule has 58 valence electrons. The second kappa shape index (κ2) is 2.49. The largest absolute Gasteiger partial charge is 0.326 e. The summed E-state index contributed by atoms with van der Waals surface area (Å²) in [6.45, 7) is 2.24. The first-order chi connectivity index (χ1) is 4.88. The van der Waals surface area contributed by atoms with E-state index in [0.29, 0.717) is 18.1 Å². The van der Waals surface area contributed by atoms with Crippen molar-refractivity contribution in [2.75, 3.05) is 13.1 Å². The number of fused-ring (bicyclic) bond motifs is 1. The highest BCUT2D eigenvalue weighted by molar-refractivity contribution is 4.98. The van der Waals surface area contributed by atoms with Gasteiger partial charge in [0.05, 0.1) is 0 Å². The highest BCUT2D eigenvalue weighted by Crippen LogP contribution is 2.15. The van der Waals surface area contributed by atoms with Gasteiger partial charge in [-0.25, -0.2) is 0 Å². The van der Waals surface area contributed by atoms with Crippen LogP contribution in [-0.2, 0) is 0 Å². The van der Waals surface area contributed by atoms with Gasteiger partial charge in [0.2, 0.25) is 0 Å². The molecule has 3 atom stereocenters. The minimum Gasteiger partial charge on any atom is -0.326 e. The summed E-state index contributed by atoms with van der Waals surface area (Å²) in [6.07, 6.45) is 2.37. The van der Waals surface area contributed by atoms with Gasteiger partial charge in [-0.05, 0) is 25.9 Å². The minimum atomic E-state index is 0.383. The van der Waals surface area contributed by atoms with Crippen molar-refractivity contribution >= 4 is 0 Å². The van der Waals surface area contributed by atoms with Crippen LogP contribution in [0, 0.1) is 0 Å². The minimum absolute atomic E-state index is 0.383. The monoisotopic (exact) mass is 141 g/mol. The molecule has 0 amide bonds. The quantitative estimate of drug-likeness (QED) is 0.407. The van der Waals surface area contributed by atoms with Gasteiger partial charge >= 0.3 is 0 Å². The summed E-state index contributed by atoms with van der Waals surface area (Å²) >= 11 is 0. The molecule has 0 radical (unpaired) electrons. The Labute approximate surface area is 61.4 Å². The molecule has 0 aliphatic carbocycles. The number of rotatable bonds is 0. The maximum Gasteiger partial charge on any atom is 0.0374 e.